The Morgan fingerprint density at radius 3 is 2.96 bits per heavy atom. The molecule has 132 valence electrons. The van der Waals surface area contributed by atoms with Crippen molar-refractivity contribution in [3.63, 3.8) is 0 Å². The first kappa shape index (κ1) is 18.3. The highest BCUT2D eigenvalue weighted by Gasteiger charge is 2.24. The van der Waals surface area contributed by atoms with Crippen LogP contribution in [0.4, 0.5) is 0 Å². The minimum absolute atomic E-state index is 0.0345. The van der Waals surface area contributed by atoms with Gasteiger partial charge in [-0.25, -0.2) is 4.98 Å². The summed E-state index contributed by atoms with van der Waals surface area (Å²) in [4.78, 5) is 34.2. The first-order chi connectivity index (χ1) is 11.7. The molecule has 1 atom stereocenters. The molecule has 0 spiro atoms. The summed E-state index contributed by atoms with van der Waals surface area (Å²) in [7, 11) is 0. The summed E-state index contributed by atoms with van der Waals surface area (Å²) in [6.07, 6.45) is 8.74. The van der Waals surface area contributed by atoms with Crippen LogP contribution in [0.5, 0.6) is 0 Å². The number of nitrogens with zero attached hydrogens (tertiary/aromatic N) is 3. The molecule has 7 nitrogen and oxygen atoms in total. The molecule has 0 unspecified atom stereocenters. The molecule has 1 N–H and O–H groups in total. The van der Waals surface area contributed by atoms with Crippen LogP contribution >= 0.6 is 0 Å². The molecule has 2 heterocycles. The third kappa shape index (κ3) is 5.88. The maximum Gasteiger partial charge on any atom is 0.274 e. The van der Waals surface area contributed by atoms with Crippen molar-refractivity contribution >= 4 is 11.8 Å². The van der Waals surface area contributed by atoms with E-state index in [1.165, 1.54) is 18.6 Å². The Labute approximate surface area is 142 Å². The Kier molecular flexibility index (Phi) is 7.61. The van der Waals surface area contributed by atoms with Gasteiger partial charge in [0.1, 0.15) is 5.69 Å². The van der Waals surface area contributed by atoms with E-state index in [0.29, 0.717) is 25.3 Å². The van der Waals surface area contributed by atoms with Gasteiger partial charge in [-0.3, -0.25) is 14.6 Å². The zero-order chi connectivity index (χ0) is 17.2. The largest absolute Gasteiger partial charge is 0.376 e. The summed E-state index contributed by atoms with van der Waals surface area (Å²) in [6.45, 7) is 4.33. The molecule has 0 radical (unpaired) electrons. The number of hydrogen-bond donors (Lipinski definition) is 1. The molecule has 24 heavy (non-hydrogen) atoms. The molecule has 2 rings (SSSR count). The predicted molar refractivity (Wildman–Crippen MR) is 89.4 cm³/mol. The molecule has 7 heteroatoms. The fourth-order valence-corrected chi connectivity index (χ4v) is 2.61. The Hall–Kier alpha value is -2.02. The zero-order valence-electron chi connectivity index (χ0n) is 14.2. The fraction of sp³-hybridized carbons (Fsp3) is 0.647. The SMILES string of the molecule is CCCCNC(=O)CCN(C[C@H]1CCCO1)C(=O)c1cnccn1. The lowest BCUT2D eigenvalue weighted by atomic mass is 10.2. The number of carbonyl (C=O) groups excluding carboxylic acids is 2. The summed E-state index contributed by atoms with van der Waals surface area (Å²) < 4.78 is 5.63. The second-order valence-electron chi connectivity index (χ2n) is 5.93. The van der Waals surface area contributed by atoms with E-state index in [1.807, 2.05) is 0 Å². The standard InChI is InChI=1S/C17H26N4O3/c1-2-3-7-20-16(22)6-10-21(13-14-5-4-11-24-14)17(23)15-12-18-8-9-19-15/h8-9,12,14H,2-7,10-11,13H2,1H3,(H,20,22)/t14-/m1/s1. The van der Waals surface area contributed by atoms with Gasteiger partial charge in [-0.15, -0.1) is 0 Å². The van der Waals surface area contributed by atoms with Crippen LogP contribution < -0.4 is 5.32 Å². The molecule has 1 aliphatic rings. The van der Waals surface area contributed by atoms with Crippen molar-refractivity contribution in [2.24, 2.45) is 0 Å². The molecule has 1 aromatic heterocycles. The van der Waals surface area contributed by atoms with Crippen LogP contribution in [-0.2, 0) is 9.53 Å². The minimum Gasteiger partial charge on any atom is -0.376 e. The van der Waals surface area contributed by atoms with E-state index in [1.54, 1.807) is 4.90 Å². The van der Waals surface area contributed by atoms with E-state index in [2.05, 4.69) is 22.2 Å². The number of amides is 2. The maximum atomic E-state index is 12.6. The van der Waals surface area contributed by atoms with Gasteiger partial charge >= 0.3 is 0 Å². The first-order valence-corrected chi connectivity index (χ1v) is 8.64. The predicted octanol–water partition coefficient (Wildman–Crippen LogP) is 1.40. The van der Waals surface area contributed by atoms with Gasteiger partial charge in [0.15, 0.2) is 0 Å². The zero-order valence-corrected chi connectivity index (χ0v) is 14.2. The molecule has 0 bridgehead atoms. The average molecular weight is 334 g/mol. The quantitative estimate of drug-likeness (QED) is 0.690. The number of nitrogens with one attached hydrogen (secondary N) is 1. The number of rotatable bonds is 9. The van der Waals surface area contributed by atoms with E-state index < -0.39 is 0 Å². The van der Waals surface area contributed by atoms with Crippen molar-refractivity contribution in [3.05, 3.63) is 24.3 Å². The third-order valence-electron chi connectivity index (χ3n) is 3.98. The number of ether oxygens (including phenoxy) is 1. The van der Waals surface area contributed by atoms with Gasteiger partial charge in [0.2, 0.25) is 5.91 Å². The van der Waals surface area contributed by atoms with Crippen LogP contribution in [0.3, 0.4) is 0 Å². The molecule has 1 fully saturated rings. The van der Waals surface area contributed by atoms with E-state index in [9.17, 15) is 9.59 Å². The van der Waals surface area contributed by atoms with E-state index in [0.717, 1.165) is 32.3 Å². The molecule has 1 aromatic rings. The Morgan fingerprint density at radius 1 is 1.42 bits per heavy atom. The van der Waals surface area contributed by atoms with Crippen molar-refractivity contribution in [2.45, 2.75) is 45.1 Å². The highest BCUT2D eigenvalue weighted by molar-refractivity contribution is 5.92. The van der Waals surface area contributed by atoms with E-state index >= 15 is 0 Å². The summed E-state index contributed by atoms with van der Waals surface area (Å²) >= 11 is 0. The lowest BCUT2D eigenvalue weighted by Gasteiger charge is -2.25. The molecule has 1 saturated heterocycles. The molecular weight excluding hydrogens is 308 g/mol. The lowest BCUT2D eigenvalue weighted by molar-refractivity contribution is -0.121. The van der Waals surface area contributed by atoms with Crippen LogP contribution in [0.15, 0.2) is 18.6 Å². The highest BCUT2D eigenvalue weighted by atomic mass is 16.5. The summed E-state index contributed by atoms with van der Waals surface area (Å²) in [5.41, 5.74) is 0.293. The number of aromatic nitrogens is 2. The van der Waals surface area contributed by atoms with Crippen molar-refractivity contribution < 1.29 is 14.3 Å². The molecule has 0 aliphatic carbocycles. The van der Waals surface area contributed by atoms with E-state index in [4.69, 9.17) is 4.74 Å². The number of carbonyl (C=O) groups is 2. The second-order valence-corrected chi connectivity index (χ2v) is 5.93. The van der Waals surface area contributed by atoms with Crippen molar-refractivity contribution in [1.82, 2.24) is 20.2 Å². The Balaban J connectivity index is 1.92. The minimum atomic E-state index is -0.208. The van der Waals surface area contributed by atoms with Gasteiger partial charge in [-0.05, 0) is 19.3 Å². The summed E-state index contributed by atoms with van der Waals surface area (Å²) in [5.74, 6) is -0.243. The van der Waals surface area contributed by atoms with Gasteiger partial charge in [-0.1, -0.05) is 13.3 Å². The smallest absolute Gasteiger partial charge is 0.274 e. The van der Waals surface area contributed by atoms with E-state index in [-0.39, 0.29) is 24.3 Å². The van der Waals surface area contributed by atoms with Crippen LogP contribution in [0.1, 0.15) is 49.5 Å². The number of unbranched alkanes of at least 4 members (excludes halogenated alkanes) is 1. The average Bonchev–Trinajstić information content (AvgIpc) is 3.12. The van der Waals surface area contributed by atoms with Crippen molar-refractivity contribution in [3.8, 4) is 0 Å². The van der Waals surface area contributed by atoms with Gasteiger partial charge < -0.3 is 15.0 Å². The molecule has 0 aromatic carbocycles. The van der Waals surface area contributed by atoms with Gasteiger partial charge in [0.25, 0.3) is 5.91 Å². The van der Waals surface area contributed by atoms with Crippen LogP contribution in [0.2, 0.25) is 0 Å². The van der Waals surface area contributed by atoms with Crippen molar-refractivity contribution in [1.29, 1.82) is 0 Å². The topological polar surface area (TPSA) is 84.4 Å². The van der Waals surface area contributed by atoms with Crippen LogP contribution in [0, 0.1) is 0 Å². The van der Waals surface area contributed by atoms with Gasteiger partial charge in [0, 0.05) is 45.1 Å². The second kappa shape index (κ2) is 9.97. The highest BCUT2D eigenvalue weighted by Crippen LogP contribution is 2.14. The van der Waals surface area contributed by atoms with Crippen LogP contribution in [0.25, 0.3) is 0 Å². The molecule has 1 aliphatic heterocycles. The monoisotopic (exact) mass is 334 g/mol. The Morgan fingerprint density at radius 2 is 2.29 bits per heavy atom. The summed E-state index contributed by atoms with van der Waals surface area (Å²) in [6, 6.07) is 0. The number of hydrogen-bond acceptors (Lipinski definition) is 5. The van der Waals surface area contributed by atoms with Crippen LogP contribution in [-0.4, -0.2) is 59.0 Å². The molecule has 0 saturated carbocycles. The lowest BCUT2D eigenvalue weighted by Crippen LogP contribution is -2.40. The molecular formula is C17H26N4O3. The van der Waals surface area contributed by atoms with Crippen molar-refractivity contribution in [2.75, 3.05) is 26.2 Å². The normalized spacial score (nSPS) is 16.8. The Bertz CT molecular complexity index is 518. The summed E-state index contributed by atoms with van der Waals surface area (Å²) in [5, 5.41) is 2.88. The molecule has 2 amide bonds. The maximum absolute atomic E-state index is 12.6. The van der Waals surface area contributed by atoms with Gasteiger partial charge in [-0.2, -0.15) is 0 Å². The van der Waals surface area contributed by atoms with Gasteiger partial charge in [0.05, 0.1) is 12.3 Å². The first-order valence-electron chi connectivity index (χ1n) is 8.64. The fourth-order valence-electron chi connectivity index (χ4n) is 2.61. The third-order valence-corrected chi connectivity index (χ3v) is 3.98.